The van der Waals surface area contributed by atoms with Crippen molar-refractivity contribution >= 4 is 10.0 Å². The molecule has 118 valence electrons. The van der Waals surface area contributed by atoms with E-state index in [1.807, 2.05) is 26.0 Å². The smallest absolute Gasteiger partial charge is 0.218 e. The van der Waals surface area contributed by atoms with Gasteiger partial charge in [0.15, 0.2) is 0 Å². The maximum absolute atomic E-state index is 12.3. The molecule has 3 rings (SSSR count). The van der Waals surface area contributed by atoms with Crippen LogP contribution in [0.5, 0.6) is 5.75 Å². The Balaban J connectivity index is 1.85. The fourth-order valence-electron chi connectivity index (χ4n) is 2.77. The summed E-state index contributed by atoms with van der Waals surface area (Å²) in [5, 5.41) is 3.65. The Labute approximate surface area is 129 Å². The Morgan fingerprint density at radius 2 is 2.18 bits per heavy atom. The third kappa shape index (κ3) is 3.15. The molecule has 0 amide bonds. The van der Waals surface area contributed by atoms with Gasteiger partial charge in [0.05, 0.1) is 18.3 Å². The zero-order chi connectivity index (χ0) is 15.7. The Hall–Kier alpha value is -1.86. The number of aryl methyl sites for hydroxylation is 2. The van der Waals surface area contributed by atoms with Crippen LogP contribution >= 0.6 is 0 Å². The van der Waals surface area contributed by atoms with Gasteiger partial charge < -0.3 is 9.26 Å². The number of nitrogens with one attached hydrogen (secondary N) is 1. The highest BCUT2D eigenvalue weighted by atomic mass is 32.2. The first-order valence-electron chi connectivity index (χ1n) is 7.08. The van der Waals surface area contributed by atoms with Gasteiger partial charge in [-0.15, -0.1) is 0 Å². The van der Waals surface area contributed by atoms with Crippen LogP contribution in [0.1, 0.15) is 34.8 Å². The lowest BCUT2D eigenvalue weighted by molar-refractivity contribution is 0.261. The van der Waals surface area contributed by atoms with Crippen LogP contribution in [0.2, 0.25) is 0 Å². The Morgan fingerprint density at radius 1 is 1.36 bits per heavy atom. The molecule has 6 nitrogen and oxygen atoms in total. The second-order valence-electron chi connectivity index (χ2n) is 5.56. The summed E-state index contributed by atoms with van der Waals surface area (Å²) >= 11 is 0. The molecule has 0 aliphatic carbocycles. The molecule has 0 fully saturated rings. The van der Waals surface area contributed by atoms with Crippen LogP contribution in [-0.2, 0) is 15.8 Å². The van der Waals surface area contributed by atoms with Crippen LogP contribution < -0.4 is 9.46 Å². The van der Waals surface area contributed by atoms with Gasteiger partial charge in [0.1, 0.15) is 17.8 Å². The summed E-state index contributed by atoms with van der Waals surface area (Å²) in [6.07, 6.45) is 1.97. The van der Waals surface area contributed by atoms with E-state index in [-0.39, 0.29) is 11.8 Å². The molecular formula is C15H18N2O4S. The summed E-state index contributed by atoms with van der Waals surface area (Å²) in [5.41, 5.74) is 3.39. The van der Waals surface area contributed by atoms with Crippen LogP contribution in [0.25, 0.3) is 0 Å². The lowest BCUT2D eigenvalue weighted by Crippen LogP contribution is -2.33. The molecule has 0 spiro atoms. The predicted octanol–water partition coefficient (Wildman–Crippen LogP) is 2.23. The molecule has 0 bridgehead atoms. The van der Waals surface area contributed by atoms with E-state index in [0.29, 0.717) is 18.7 Å². The van der Waals surface area contributed by atoms with E-state index in [1.165, 1.54) is 6.26 Å². The first kappa shape index (κ1) is 15.1. The first-order valence-corrected chi connectivity index (χ1v) is 8.73. The number of sulfonamides is 1. The molecule has 1 N–H and O–H groups in total. The summed E-state index contributed by atoms with van der Waals surface area (Å²) in [6.45, 7) is 4.45. The van der Waals surface area contributed by atoms with Gasteiger partial charge in [-0.25, -0.2) is 13.1 Å². The molecule has 22 heavy (non-hydrogen) atoms. The average molecular weight is 322 g/mol. The third-order valence-corrected chi connectivity index (χ3v) is 4.95. The number of aromatic nitrogens is 1. The molecule has 1 aromatic carbocycles. The summed E-state index contributed by atoms with van der Waals surface area (Å²) in [6, 6.07) is 5.28. The van der Waals surface area contributed by atoms with E-state index in [2.05, 4.69) is 14.4 Å². The number of benzene rings is 1. The minimum absolute atomic E-state index is 0.193. The minimum Gasteiger partial charge on any atom is -0.493 e. The van der Waals surface area contributed by atoms with Crippen LogP contribution in [-0.4, -0.2) is 20.2 Å². The van der Waals surface area contributed by atoms with Crippen molar-refractivity contribution in [3.8, 4) is 5.75 Å². The van der Waals surface area contributed by atoms with Crippen LogP contribution in [0.3, 0.4) is 0 Å². The maximum atomic E-state index is 12.3. The second kappa shape index (κ2) is 5.73. The summed E-state index contributed by atoms with van der Waals surface area (Å²) < 4.78 is 37.8. The van der Waals surface area contributed by atoms with Gasteiger partial charge in [0.25, 0.3) is 0 Å². The highest BCUT2D eigenvalue weighted by Gasteiger charge is 2.27. The van der Waals surface area contributed by atoms with Crippen molar-refractivity contribution in [3.05, 3.63) is 46.8 Å². The SMILES string of the molecule is Cc1cc(C)c2c(c1)[C@@H](NS(=O)(=O)Cc1ccon1)CCO2. The van der Waals surface area contributed by atoms with Crippen molar-refractivity contribution in [1.29, 1.82) is 0 Å². The van der Waals surface area contributed by atoms with Gasteiger partial charge >= 0.3 is 0 Å². The quantitative estimate of drug-likeness (QED) is 0.933. The summed E-state index contributed by atoms with van der Waals surface area (Å²) in [5.74, 6) is 0.590. The van der Waals surface area contributed by atoms with Crippen LogP contribution in [0.15, 0.2) is 29.0 Å². The van der Waals surface area contributed by atoms with E-state index < -0.39 is 10.0 Å². The minimum atomic E-state index is -3.50. The fraction of sp³-hybridized carbons (Fsp3) is 0.400. The van der Waals surface area contributed by atoms with Crippen LogP contribution in [0, 0.1) is 13.8 Å². The zero-order valence-electron chi connectivity index (χ0n) is 12.5. The molecular weight excluding hydrogens is 304 g/mol. The van der Waals surface area contributed by atoms with Crippen molar-refractivity contribution in [2.45, 2.75) is 32.1 Å². The van der Waals surface area contributed by atoms with Crippen molar-refractivity contribution in [2.24, 2.45) is 0 Å². The van der Waals surface area contributed by atoms with E-state index in [1.54, 1.807) is 6.07 Å². The number of hydrogen-bond acceptors (Lipinski definition) is 5. The van der Waals surface area contributed by atoms with E-state index in [0.717, 1.165) is 22.4 Å². The predicted molar refractivity (Wildman–Crippen MR) is 81.0 cm³/mol. The Kier molecular flexibility index (Phi) is 3.92. The van der Waals surface area contributed by atoms with Crippen LogP contribution in [0.4, 0.5) is 0 Å². The van der Waals surface area contributed by atoms with Crippen molar-refractivity contribution in [2.75, 3.05) is 6.61 Å². The fourth-order valence-corrected chi connectivity index (χ4v) is 4.07. The van der Waals surface area contributed by atoms with Gasteiger partial charge in [-0.3, -0.25) is 0 Å². The number of fused-ring (bicyclic) bond motifs is 1. The van der Waals surface area contributed by atoms with Gasteiger partial charge in [-0.05, 0) is 19.4 Å². The molecule has 2 heterocycles. The zero-order valence-corrected chi connectivity index (χ0v) is 13.3. The van der Waals surface area contributed by atoms with E-state index >= 15 is 0 Å². The molecule has 0 saturated heterocycles. The van der Waals surface area contributed by atoms with E-state index in [4.69, 9.17) is 4.74 Å². The van der Waals surface area contributed by atoms with Gasteiger partial charge in [-0.2, -0.15) is 0 Å². The third-order valence-electron chi connectivity index (χ3n) is 3.63. The highest BCUT2D eigenvalue weighted by Crippen LogP contribution is 2.36. The maximum Gasteiger partial charge on any atom is 0.218 e. The molecule has 1 aromatic heterocycles. The number of ether oxygens (including phenoxy) is 1. The number of hydrogen-bond donors (Lipinski definition) is 1. The standard InChI is InChI=1S/C15H18N2O4S/c1-10-7-11(2)15-13(8-10)14(4-5-20-15)17-22(18,19)9-12-3-6-21-16-12/h3,6-8,14,17H,4-5,9H2,1-2H3/t14-/m0/s1. The molecule has 0 saturated carbocycles. The number of rotatable bonds is 4. The molecule has 2 aromatic rings. The van der Waals surface area contributed by atoms with Gasteiger partial charge in [0.2, 0.25) is 10.0 Å². The molecule has 1 aliphatic heterocycles. The molecule has 0 unspecified atom stereocenters. The topological polar surface area (TPSA) is 81.4 Å². The lowest BCUT2D eigenvalue weighted by Gasteiger charge is -2.28. The van der Waals surface area contributed by atoms with Gasteiger partial charge in [-0.1, -0.05) is 22.9 Å². The number of nitrogens with zero attached hydrogens (tertiary/aromatic N) is 1. The molecule has 0 radical (unpaired) electrons. The summed E-state index contributed by atoms with van der Waals surface area (Å²) in [7, 11) is -3.50. The molecule has 1 atom stereocenters. The van der Waals surface area contributed by atoms with Crippen molar-refractivity contribution in [3.63, 3.8) is 0 Å². The van der Waals surface area contributed by atoms with Crippen molar-refractivity contribution in [1.82, 2.24) is 9.88 Å². The largest absolute Gasteiger partial charge is 0.493 e. The van der Waals surface area contributed by atoms with Crippen molar-refractivity contribution < 1.29 is 17.7 Å². The molecule has 1 aliphatic rings. The summed E-state index contributed by atoms with van der Waals surface area (Å²) in [4.78, 5) is 0. The highest BCUT2D eigenvalue weighted by molar-refractivity contribution is 7.88. The lowest BCUT2D eigenvalue weighted by atomic mass is 9.96. The Morgan fingerprint density at radius 3 is 2.91 bits per heavy atom. The van der Waals surface area contributed by atoms with E-state index in [9.17, 15) is 8.42 Å². The normalized spacial score (nSPS) is 17.8. The van der Waals surface area contributed by atoms with Gasteiger partial charge in [0, 0.05) is 18.1 Å². The second-order valence-corrected chi connectivity index (χ2v) is 7.31. The first-order chi connectivity index (χ1) is 10.4. The molecule has 7 heteroatoms. The Bertz CT molecular complexity index is 769. The monoisotopic (exact) mass is 322 g/mol. The average Bonchev–Trinajstić information content (AvgIpc) is 2.91.